The molecule has 10 nitrogen and oxygen atoms in total. The molecule has 1 saturated heterocycles. The number of aryl methyl sites for hydroxylation is 1. The summed E-state index contributed by atoms with van der Waals surface area (Å²) in [5, 5.41) is 10.3. The van der Waals surface area contributed by atoms with Crippen LogP contribution in [0.3, 0.4) is 0 Å². The second-order valence-corrected chi connectivity index (χ2v) is 10.3. The number of H-pyrrole nitrogens is 1. The number of fused-ring (bicyclic) bond motifs is 1. The predicted molar refractivity (Wildman–Crippen MR) is 125 cm³/mol. The van der Waals surface area contributed by atoms with Gasteiger partial charge in [-0.15, -0.1) is 5.10 Å². The summed E-state index contributed by atoms with van der Waals surface area (Å²) >= 11 is 0. The molecular weight excluding hydrogens is 493 g/mol. The van der Waals surface area contributed by atoms with Crippen LogP contribution in [0, 0.1) is 0 Å². The first-order valence-electron chi connectivity index (χ1n) is 11.9. The second kappa shape index (κ2) is 7.94. The van der Waals surface area contributed by atoms with Crippen LogP contribution in [0.5, 0.6) is 5.88 Å². The van der Waals surface area contributed by atoms with E-state index in [1.54, 1.807) is 13.2 Å². The number of hydrogen-bond acceptors (Lipinski definition) is 6. The fourth-order valence-corrected chi connectivity index (χ4v) is 5.79. The molecule has 3 saturated carbocycles. The van der Waals surface area contributed by atoms with Gasteiger partial charge in [0.15, 0.2) is 5.65 Å². The molecule has 2 bridgehead atoms. The largest absolute Gasteiger partial charge is 0.470 e. The van der Waals surface area contributed by atoms with Crippen molar-refractivity contribution in [2.45, 2.75) is 48.9 Å². The third kappa shape index (κ3) is 3.74. The molecule has 7 rings (SSSR count). The summed E-state index contributed by atoms with van der Waals surface area (Å²) in [6.45, 7) is 1.18. The molecule has 3 aliphatic carbocycles. The summed E-state index contributed by atoms with van der Waals surface area (Å²) in [5.74, 6) is 0.486. The fraction of sp³-hybridized carbons (Fsp3) is 0.500. The number of urea groups is 1. The lowest BCUT2D eigenvalue weighted by Gasteiger charge is -2.73. The van der Waals surface area contributed by atoms with Gasteiger partial charge < -0.3 is 24.3 Å². The fourth-order valence-electron chi connectivity index (χ4n) is 5.79. The number of carbonyl (C=O) groups is 1. The number of nitrogens with one attached hydrogen (secondary N) is 2. The maximum absolute atomic E-state index is 13.2. The summed E-state index contributed by atoms with van der Waals surface area (Å²) < 4.78 is 51.7. The summed E-state index contributed by atoms with van der Waals surface area (Å²) in [6.07, 6.45) is 0.668. The first-order chi connectivity index (χ1) is 17.5. The van der Waals surface area contributed by atoms with Crippen LogP contribution in [-0.4, -0.2) is 62.6 Å². The molecule has 1 atom stereocenters. The normalized spacial score (nSPS) is 26.5. The van der Waals surface area contributed by atoms with Crippen LogP contribution in [0.1, 0.15) is 36.8 Å². The molecule has 0 unspecified atom stereocenters. The Morgan fingerprint density at radius 3 is 2.76 bits per heavy atom. The van der Waals surface area contributed by atoms with E-state index >= 15 is 0 Å². The highest BCUT2D eigenvalue weighted by atomic mass is 19.4. The quantitative estimate of drug-likeness (QED) is 0.536. The van der Waals surface area contributed by atoms with Crippen molar-refractivity contribution in [3.05, 3.63) is 46.0 Å². The zero-order valence-electron chi connectivity index (χ0n) is 20.2. The Labute approximate surface area is 208 Å². The Morgan fingerprint density at radius 1 is 1.32 bits per heavy atom. The van der Waals surface area contributed by atoms with Crippen molar-refractivity contribution in [3.63, 3.8) is 0 Å². The number of rotatable bonds is 5. The summed E-state index contributed by atoms with van der Waals surface area (Å²) in [6, 6.07) is 2.07. The van der Waals surface area contributed by atoms with Crippen LogP contribution in [0.25, 0.3) is 11.0 Å². The number of aromatic nitrogens is 4. The molecule has 4 fully saturated rings. The third-order valence-electron chi connectivity index (χ3n) is 7.93. The number of ether oxygens (including phenoxy) is 2. The maximum atomic E-state index is 13.2. The molecule has 3 aromatic heterocycles. The average Bonchev–Trinajstić information content (AvgIpc) is 3.44. The van der Waals surface area contributed by atoms with Crippen molar-refractivity contribution in [1.29, 1.82) is 0 Å². The number of amides is 2. The number of halogens is 3. The molecule has 1 aliphatic heterocycles. The predicted octanol–water partition coefficient (Wildman–Crippen LogP) is 3.18. The van der Waals surface area contributed by atoms with Crippen molar-refractivity contribution in [3.8, 4) is 5.88 Å². The standard InChI is InChI=1S/C24H25F3N6O4/c1-32-8-14(24(25,26)27)6-17(20(32)34)29-21(35)33(2)23-10-22(11-23,12-23)13-5-16-18(28-7-13)30-31-19(16)37-15-3-4-36-9-15/h5-8,15H,3-4,9-12H2,1-2H3,(H,29,35)(H,28,30,31)/t15-,22?,23?/m1/s1. The summed E-state index contributed by atoms with van der Waals surface area (Å²) in [5.41, 5.74) is -1.07. The zero-order valence-corrected chi connectivity index (χ0v) is 20.2. The van der Waals surface area contributed by atoms with Gasteiger partial charge in [0.2, 0.25) is 5.88 Å². The topological polar surface area (TPSA) is 114 Å². The van der Waals surface area contributed by atoms with Gasteiger partial charge in [0.25, 0.3) is 5.56 Å². The molecule has 4 aliphatic rings. The molecule has 2 N–H and O–H groups in total. The number of nitrogens with zero attached hydrogens (tertiary/aromatic N) is 4. The molecular formula is C24H25F3N6O4. The number of carbonyl (C=O) groups excluding carboxylic acids is 1. The number of pyridine rings is 2. The molecule has 37 heavy (non-hydrogen) atoms. The van der Waals surface area contributed by atoms with E-state index in [1.165, 1.54) is 11.9 Å². The number of aromatic amines is 1. The van der Waals surface area contributed by atoms with Crippen molar-refractivity contribution in [2.24, 2.45) is 7.05 Å². The smallest absolute Gasteiger partial charge is 0.417 e. The molecule has 0 radical (unpaired) electrons. The Bertz CT molecular complexity index is 1440. The van der Waals surface area contributed by atoms with Gasteiger partial charge in [-0.25, -0.2) is 9.78 Å². The van der Waals surface area contributed by atoms with Crippen molar-refractivity contribution in [2.75, 3.05) is 25.6 Å². The lowest BCUT2D eigenvalue weighted by molar-refractivity contribution is -0.140. The van der Waals surface area contributed by atoms with Crippen molar-refractivity contribution < 1.29 is 27.4 Å². The molecule has 2 amide bonds. The number of anilines is 1. The molecule has 196 valence electrons. The first kappa shape index (κ1) is 23.8. The van der Waals surface area contributed by atoms with Crippen molar-refractivity contribution >= 4 is 22.8 Å². The van der Waals surface area contributed by atoms with Gasteiger partial charge in [0.1, 0.15) is 11.8 Å². The molecule has 0 spiro atoms. The Balaban J connectivity index is 1.16. The van der Waals surface area contributed by atoms with Gasteiger partial charge in [-0.1, -0.05) is 0 Å². The Hall–Kier alpha value is -3.61. The van der Waals surface area contributed by atoms with E-state index in [0.29, 0.717) is 56.3 Å². The van der Waals surface area contributed by atoms with Gasteiger partial charge in [0.05, 0.1) is 24.2 Å². The maximum Gasteiger partial charge on any atom is 0.417 e. The lowest BCUT2D eigenvalue weighted by atomic mass is 9.37. The minimum absolute atomic E-state index is 0.0470. The molecule has 3 aromatic rings. The minimum atomic E-state index is -4.64. The SMILES string of the molecule is CN(C(=O)Nc1cc(C(F)(F)F)cn(C)c1=O)C12CC(c3cnc4[nH]nc(O[C@@H]5CCOC5)c4c3)(C1)C2. The van der Waals surface area contributed by atoms with Gasteiger partial charge in [-0.05, 0) is 37.0 Å². The number of hydrogen-bond donors (Lipinski definition) is 2. The first-order valence-corrected chi connectivity index (χ1v) is 11.9. The highest BCUT2D eigenvalue weighted by molar-refractivity contribution is 5.90. The van der Waals surface area contributed by atoms with Crippen LogP contribution in [0.2, 0.25) is 0 Å². The zero-order chi connectivity index (χ0) is 26.2. The van der Waals surface area contributed by atoms with Crippen LogP contribution in [0.15, 0.2) is 29.3 Å². The second-order valence-electron chi connectivity index (χ2n) is 10.3. The van der Waals surface area contributed by atoms with E-state index < -0.39 is 34.6 Å². The monoisotopic (exact) mass is 518 g/mol. The van der Waals surface area contributed by atoms with E-state index in [0.717, 1.165) is 21.9 Å². The highest BCUT2D eigenvalue weighted by Crippen LogP contribution is 2.70. The van der Waals surface area contributed by atoms with Crippen LogP contribution >= 0.6 is 0 Å². The van der Waals surface area contributed by atoms with Crippen LogP contribution in [-0.2, 0) is 23.4 Å². The average molecular weight is 518 g/mol. The van der Waals surface area contributed by atoms with E-state index in [2.05, 4.69) is 20.5 Å². The van der Waals surface area contributed by atoms with Gasteiger partial charge in [-0.3, -0.25) is 9.89 Å². The third-order valence-corrected chi connectivity index (χ3v) is 7.93. The molecule has 13 heteroatoms. The van der Waals surface area contributed by atoms with Crippen molar-refractivity contribution in [1.82, 2.24) is 24.6 Å². The summed E-state index contributed by atoms with van der Waals surface area (Å²) in [7, 11) is 2.81. The van der Waals surface area contributed by atoms with Crippen LogP contribution < -0.4 is 15.6 Å². The van der Waals surface area contributed by atoms with Gasteiger partial charge in [-0.2, -0.15) is 13.2 Å². The van der Waals surface area contributed by atoms with Gasteiger partial charge >= 0.3 is 12.2 Å². The van der Waals surface area contributed by atoms with E-state index in [4.69, 9.17) is 9.47 Å². The minimum Gasteiger partial charge on any atom is -0.470 e. The van der Waals surface area contributed by atoms with E-state index in [-0.39, 0.29) is 11.5 Å². The highest BCUT2D eigenvalue weighted by Gasteiger charge is 2.71. The van der Waals surface area contributed by atoms with Gasteiger partial charge in [0, 0.05) is 43.9 Å². The molecule has 0 aromatic carbocycles. The van der Waals surface area contributed by atoms with E-state index in [9.17, 15) is 22.8 Å². The summed E-state index contributed by atoms with van der Waals surface area (Å²) in [4.78, 5) is 31.3. The Morgan fingerprint density at radius 2 is 2.08 bits per heavy atom. The molecule has 4 heterocycles. The lowest BCUT2D eigenvalue weighted by Crippen LogP contribution is -2.77. The van der Waals surface area contributed by atoms with Crippen LogP contribution in [0.4, 0.5) is 23.7 Å². The Kier molecular flexibility index (Phi) is 5.10. The number of alkyl halides is 3. The van der Waals surface area contributed by atoms with E-state index in [1.807, 2.05) is 6.07 Å².